The highest BCUT2D eigenvalue weighted by molar-refractivity contribution is 14.1. The average molecular weight is 340 g/mol. The Morgan fingerprint density at radius 3 is 2.87 bits per heavy atom. The number of halogens is 2. The second-order valence-corrected chi connectivity index (χ2v) is 4.45. The van der Waals surface area contributed by atoms with E-state index in [0.717, 1.165) is 10.8 Å². The van der Waals surface area contributed by atoms with Crippen molar-refractivity contribution in [1.82, 2.24) is 5.32 Å². The van der Waals surface area contributed by atoms with Crippen LogP contribution in [0.15, 0.2) is 18.2 Å². The molecule has 0 unspecified atom stereocenters. The Morgan fingerprint density at radius 1 is 1.53 bits per heavy atom. The zero-order valence-corrected chi connectivity index (χ0v) is 10.9. The number of carbonyl (C=O) groups excluding carboxylic acids is 1. The SMILES string of the molecule is O=C(NCCCI)c1ccc(O)c(Cl)c1. The lowest BCUT2D eigenvalue weighted by atomic mass is 10.2. The Morgan fingerprint density at radius 2 is 2.27 bits per heavy atom. The van der Waals surface area contributed by atoms with E-state index in [1.54, 1.807) is 6.07 Å². The second-order valence-electron chi connectivity index (χ2n) is 2.96. The number of hydrogen-bond acceptors (Lipinski definition) is 2. The molecular formula is C10H11ClINO2. The highest BCUT2D eigenvalue weighted by atomic mass is 127. The zero-order valence-electron chi connectivity index (χ0n) is 7.96. The summed E-state index contributed by atoms with van der Waals surface area (Å²) in [7, 11) is 0. The maximum atomic E-state index is 11.5. The summed E-state index contributed by atoms with van der Waals surface area (Å²) in [5.41, 5.74) is 0.464. The zero-order chi connectivity index (χ0) is 11.3. The minimum absolute atomic E-state index is 0.0134. The van der Waals surface area contributed by atoms with E-state index in [1.807, 2.05) is 0 Å². The molecule has 0 saturated heterocycles. The van der Waals surface area contributed by atoms with Gasteiger partial charge in [-0.15, -0.1) is 0 Å². The van der Waals surface area contributed by atoms with Crippen LogP contribution in [0.2, 0.25) is 5.02 Å². The third-order valence-corrected chi connectivity index (χ3v) is 2.87. The smallest absolute Gasteiger partial charge is 0.251 e. The average Bonchev–Trinajstić information content (AvgIpc) is 2.22. The molecule has 0 atom stereocenters. The Hall–Kier alpha value is -0.490. The van der Waals surface area contributed by atoms with Gasteiger partial charge in [-0.3, -0.25) is 4.79 Å². The lowest BCUT2D eigenvalue weighted by Gasteiger charge is -2.04. The molecule has 0 aromatic heterocycles. The fraction of sp³-hybridized carbons (Fsp3) is 0.300. The highest BCUT2D eigenvalue weighted by Crippen LogP contribution is 2.23. The van der Waals surface area contributed by atoms with Crippen molar-refractivity contribution in [3.05, 3.63) is 28.8 Å². The first-order chi connectivity index (χ1) is 7.15. The van der Waals surface area contributed by atoms with Crippen molar-refractivity contribution in [3.63, 3.8) is 0 Å². The van der Waals surface area contributed by atoms with Crippen LogP contribution in [-0.4, -0.2) is 22.0 Å². The van der Waals surface area contributed by atoms with Gasteiger partial charge in [0.25, 0.3) is 5.91 Å². The van der Waals surface area contributed by atoms with Crippen molar-refractivity contribution in [3.8, 4) is 5.75 Å². The lowest BCUT2D eigenvalue weighted by molar-refractivity contribution is 0.0954. The number of nitrogens with one attached hydrogen (secondary N) is 1. The molecule has 5 heteroatoms. The van der Waals surface area contributed by atoms with Gasteiger partial charge in [0.15, 0.2) is 0 Å². The predicted octanol–water partition coefficient (Wildman–Crippen LogP) is 2.60. The number of benzene rings is 1. The Bertz CT molecular complexity index is 357. The van der Waals surface area contributed by atoms with Crippen LogP contribution >= 0.6 is 34.2 Å². The summed E-state index contributed by atoms with van der Waals surface area (Å²) < 4.78 is 1.01. The number of rotatable bonds is 4. The van der Waals surface area contributed by atoms with Crippen LogP contribution in [0.1, 0.15) is 16.8 Å². The standard InChI is InChI=1S/C10H11ClINO2/c11-8-6-7(2-3-9(8)14)10(15)13-5-1-4-12/h2-3,6,14H,1,4-5H2,(H,13,15). The van der Waals surface area contributed by atoms with Gasteiger partial charge in [-0.2, -0.15) is 0 Å². The van der Waals surface area contributed by atoms with E-state index in [1.165, 1.54) is 12.1 Å². The van der Waals surface area contributed by atoms with E-state index in [2.05, 4.69) is 27.9 Å². The Labute approximate surface area is 107 Å². The first kappa shape index (κ1) is 12.6. The molecule has 3 nitrogen and oxygen atoms in total. The van der Waals surface area contributed by atoms with Crippen LogP contribution in [0.5, 0.6) is 5.75 Å². The molecule has 1 aromatic rings. The maximum Gasteiger partial charge on any atom is 0.251 e. The summed E-state index contributed by atoms with van der Waals surface area (Å²) in [5, 5.41) is 12.1. The molecule has 1 amide bonds. The first-order valence-corrected chi connectivity index (χ1v) is 6.38. The van der Waals surface area contributed by atoms with Gasteiger partial charge < -0.3 is 10.4 Å². The van der Waals surface area contributed by atoms with Crippen LogP contribution in [0.3, 0.4) is 0 Å². The molecule has 1 rings (SSSR count). The van der Waals surface area contributed by atoms with Crippen molar-refractivity contribution < 1.29 is 9.90 Å². The monoisotopic (exact) mass is 339 g/mol. The van der Waals surface area contributed by atoms with Crippen molar-refractivity contribution in [2.24, 2.45) is 0 Å². The fourth-order valence-electron chi connectivity index (χ4n) is 1.02. The van der Waals surface area contributed by atoms with Crippen molar-refractivity contribution in [1.29, 1.82) is 0 Å². The van der Waals surface area contributed by atoms with Crippen molar-refractivity contribution in [2.45, 2.75) is 6.42 Å². The molecule has 2 N–H and O–H groups in total. The van der Waals surface area contributed by atoms with E-state index >= 15 is 0 Å². The maximum absolute atomic E-state index is 11.5. The Kier molecular flexibility index (Phi) is 5.17. The molecule has 0 fully saturated rings. The van der Waals surface area contributed by atoms with E-state index < -0.39 is 0 Å². The quantitative estimate of drug-likeness (QED) is 0.503. The van der Waals surface area contributed by atoms with E-state index in [4.69, 9.17) is 11.6 Å². The molecule has 0 bridgehead atoms. The van der Waals surface area contributed by atoms with Gasteiger partial charge in [-0.05, 0) is 24.6 Å². The fourth-order valence-corrected chi connectivity index (χ4v) is 1.58. The van der Waals surface area contributed by atoms with Crippen LogP contribution in [-0.2, 0) is 0 Å². The van der Waals surface area contributed by atoms with Crippen LogP contribution < -0.4 is 5.32 Å². The Balaban J connectivity index is 2.62. The minimum atomic E-state index is -0.165. The van der Waals surface area contributed by atoms with Crippen molar-refractivity contribution in [2.75, 3.05) is 11.0 Å². The molecule has 15 heavy (non-hydrogen) atoms. The summed E-state index contributed by atoms with van der Waals surface area (Å²) in [6.45, 7) is 0.653. The molecule has 0 aliphatic heterocycles. The van der Waals surface area contributed by atoms with Gasteiger partial charge in [-0.25, -0.2) is 0 Å². The van der Waals surface area contributed by atoms with Crippen LogP contribution in [0.25, 0.3) is 0 Å². The van der Waals surface area contributed by atoms with Gasteiger partial charge in [0.1, 0.15) is 5.75 Å². The van der Waals surface area contributed by atoms with Gasteiger partial charge in [-0.1, -0.05) is 34.2 Å². The molecule has 0 radical (unpaired) electrons. The summed E-state index contributed by atoms with van der Waals surface area (Å²) in [6, 6.07) is 4.41. The number of phenolic OH excluding ortho intramolecular Hbond substituents is 1. The second kappa shape index (κ2) is 6.17. The highest BCUT2D eigenvalue weighted by Gasteiger charge is 2.07. The third kappa shape index (κ3) is 3.87. The largest absolute Gasteiger partial charge is 0.506 e. The molecule has 0 heterocycles. The number of alkyl halides is 1. The normalized spacial score (nSPS) is 10.0. The molecule has 0 aliphatic carbocycles. The number of hydrogen-bond donors (Lipinski definition) is 2. The molecule has 0 spiro atoms. The van der Waals surface area contributed by atoms with Gasteiger partial charge >= 0.3 is 0 Å². The summed E-state index contributed by atoms with van der Waals surface area (Å²) >= 11 is 7.94. The third-order valence-electron chi connectivity index (χ3n) is 1.81. The lowest BCUT2D eigenvalue weighted by Crippen LogP contribution is -2.24. The molecule has 0 aliphatic rings. The molecule has 0 saturated carbocycles. The summed E-state index contributed by atoms with van der Waals surface area (Å²) in [5.74, 6) is -0.178. The molecule has 82 valence electrons. The predicted molar refractivity (Wildman–Crippen MR) is 69.0 cm³/mol. The summed E-state index contributed by atoms with van der Waals surface area (Å²) in [4.78, 5) is 11.5. The number of carbonyl (C=O) groups is 1. The molecule has 1 aromatic carbocycles. The van der Waals surface area contributed by atoms with Crippen molar-refractivity contribution >= 4 is 40.1 Å². The van der Waals surface area contributed by atoms with Crippen LogP contribution in [0, 0.1) is 0 Å². The summed E-state index contributed by atoms with van der Waals surface area (Å²) in [6.07, 6.45) is 0.943. The van der Waals surface area contributed by atoms with Crippen LogP contribution in [0.4, 0.5) is 0 Å². The first-order valence-electron chi connectivity index (χ1n) is 4.48. The van der Waals surface area contributed by atoms with Gasteiger partial charge in [0.05, 0.1) is 5.02 Å². The number of amides is 1. The van der Waals surface area contributed by atoms with Gasteiger partial charge in [0.2, 0.25) is 0 Å². The minimum Gasteiger partial charge on any atom is -0.506 e. The number of aromatic hydroxyl groups is 1. The van der Waals surface area contributed by atoms with E-state index in [-0.39, 0.29) is 16.7 Å². The van der Waals surface area contributed by atoms with Gasteiger partial charge in [0, 0.05) is 16.5 Å². The van der Waals surface area contributed by atoms with E-state index in [9.17, 15) is 9.90 Å². The topological polar surface area (TPSA) is 49.3 Å². The van der Waals surface area contributed by atoms with E-state index in [0.29, 0.717) is 12.1 Å². The number of phenols is 1. The molecular weight excluding hydrogens is 328 g/mol.